The Kier molecular flexibility index (Phi) is 3.52. The lowest BCUT2D eigenvalue weighted by Gasteiger charge is -2.22. The summed E-state index contributed by atoms with van der Waals surface area (Å²) in [6, 6.07) is 5.39. The van der Waals surface area contributed by atoms with E-state index in [2.05, 4.69) is 21.2 Å². The second-order valence-corrected chi connectivity index (χ2v) is 6.73. The summed E-state index contributed by atoms with van der Waals surface area (Å²) in [4.78, 5) is 11.2. The molecule has 3 atom stereocenters. The highest BCUT2D eigenvalue weighted by atomic mass is 79.9. The molecule has 19 heavy (non-hydrogen) atoms. The predicted octanol–water partition coefficient (Wildman–Crippen LogP) is 4.00. The fourth-order valence-electron chi connectivity index (χ4n) is 3.72. The van der Waals surface area contributed by atoms with Crippen molar-refractivity contribution in [3.63, 3.8) is 0 Å². The van der Waals surface area contributed by atoms with E-state index in [1.807, 2.05) is 12.1 Å². The highest BCUT2D eigenvalue weighted by molar-refractivity contribution is 9.10. The number of fused-ring (bicyclic) bond motifs is 2. The van der Waals surface area contributed by atoms with Crippen LogP contribution in [0.3, 0.4) is 0 Å². The minimum atomic E-state index is -0.878. The number of carbonyl (C=O) groups is 1. The first-order chi connectivity index (χ1) is 9.13. The van der Waals surface area contributed by atoms with Gasteiger partial charge in [0.2, 0.25) is 0 Å². The zero-order valence-corrected chi connectivity index (χ0v) is 12.3. The number of anilines is 1. The SMILES string of the molecule is O=C(O)c1cc(Br)ccc1NCC1CC2CCC1C2. The Morgan fingerprint density at radius 3 is 2.84 bits per heavy atom. The zero-order chi connectivity index (χ0) is 13.4. The van der Waals surface area contributed by atoms with Crippen LogP contribution in [0.4, 0.5) is 5.69 Å². The average molecular weight is 324 g/mol. The standard InChI is InChI=1S/C15H18BrNO2/c16-12-3-4-14(13(7-12)15(18)19)17-8-11-6-9-1-2-10(11)5-9/h3-4,7,9-11,17H,1-2,5-6,8H2,(H,18,19). The number of hydrogen-bond donors (Lipinski definition) is 2. The number of carboxylic acid groups (broad SMARTS) is 1. The fourth-order valence-corrected chi connectivity index (χ4v) is 4.08. The molecule has 2 bridgehead atoms. The zero-order valence-electron chi connectivity index (χ0n) is 10.7. The number of aromatic carboxylic acids is 1. The van der Waals surface area contributed by atoms with Crippen LogP contribution in [0.1, 0.15) is 36.0 Å². The van der Waals surface area contributed by atoms with Crippen LogP contribution in [0.5, 0.6) is 0 Å². The summed E-state index contributed by atoms with van der Waals surface area (Å²) in [5, 5.41) is 12.6. The van der Waals surface area contributed by atoms with Crippen molar-refractivity contribution in [3.05, 3.63) is 28.2 Å². The molecule has 2 fully saturated rings. The molecule has 0 saturated heterocycles. The van der Waals surface area contributed by atoms with E-state index in [1.54, 1.807) is 6.07 Å². The van der Waals surface area contributed by atoms with Gasteiger partial charge in [-0.1, -0.05) is 22.4 Å². The second-order valence-electron chi connectivity index (χ2n) is 5.81. The van der Waals surface area contributed by atoms with Gasteiger partial charge in [-0.25, -0.2) is 4.79 Å². The van der Waals surface area contributed by atoms with Crippen molar-refractivity contribution in [1.82, 2.24) is 0 Å². The average Bonchev–Trinajstić information content (AvgIpc) is 2.99. The van der Waals surface area contributed by atoms with E-state index in [0.717, 1.165) is 34.5 Å². The third kappa shape index (κ3) is 2.64. The molecule has 3 rings (SSSR count). The molecule has 2 aliphatic rings. The van der Waals surface area contributed by atoms with Gasteiger partial charge >= 0.3 is 5.97 Å². The Morgan fingerprint density at radius 2 is 2.21 bits per heavy atom. The highest BCUT2D eigenvalue weighted by Gasteiger charge is 2.39. The molecule has 3 nitrogen and oxygen atoms in total. The van der Waals surface area contributed by atoms with Crippen molar-refractivity contribution in [1.29, 1.82) is 0 Å². The number of hydrogen-bond acceptors (Lipinski definition) is 2. The Morgan fingerprint density at radius 1 is 1.37 bits per heavy atom. The fraction of sp³-hybridized carbons (Fsp3) is 0.533. The third-order valence-electron chi connectivity index (χ3n) is 4.65. The van der Waals surface area contributed by atoms with Crippen molar-refractivity contribution in [2.24, 2.45) is 17.8 Å². The van der Waals surface area contributed by atoms with Crippen LogP contribution in [-0.2, 0) is 0 Å². The Hall–Kier alpha value is -1.03. The maximum Gasteiger partial charge on any atom is 0.337 e. The van der Waals surface area contributed by atoms with Crippen LogP contribution in [0.2, 0.25) is 0 Å². The Bertz CT molecular complexity index is 503. The van der Waals surface area contributed by atoms with Gasteiger partial charge in [-0.3, -0.25) is 0 Å². The molecule has 2 aliphatic carbocycles. The number of carboxylic acids is 1. The summed E-state index contributed by atoms with van der Waals surface area (Å²) < 4.78 is 0.801. The first kappa shape index (κ1) is 13.0. The second kappa shape index (κ2) is 5.16. The van der Waals surface area contributed by atoms with Crippen molar-refractivity contribution < 1.29 is 9.90 Å². The maximum atomic E-state index is 11.2. The molecule has 2 saturated carbocycles. The normalized spacial score (nSPS) is 28.6. The molecule has 4 heteroatoms. The third-order valence-corrected chi connectivity index (χ3v) is 5.14. The Balaban J connectivity index is 1.68. The van der Waals surface area contributed by atoms with Gasteiger partial charge in [0.1, 0.15) is 0 Å². The maximum absolute atomic E-state index is 11.2. The quantitative estimate of drug-likeness (QED) is 0.880. The van der Waals surface area contributed by atoms with Crippen molar-refractivity contribution >= 4 is 27.6 Å². The topological polar surface area (TPSA) is 49.3 Å². The van der Waals surface area contributed by atoms with Gasteiger partial charge in [0.25, 0.3) is 0 Å². The summed E-state index contributed by atoms with van der Waals surface area (Å²) in [6.07, 6.45) is 5.47. The van der Waals surface area contributed by atoms with Gasteiger partial charge in [-0.05, 0) is 55.2 Å². The molecule has 1 aromatic carbocycles. The molecule has 0 spiro atoms. The monoisotopic (exact) mass is 323 g/mol. The summed E-state index contributed by atoms with van der Waals surface area (Å²) in [6.45, 7) is 0.906. The molecular weight excluding hydrogens is 306 g/mol. The van der Waals surface area contributed by atoms with Crippen molar-refractivity contribution in [2.75, 3.05) is 11.9 Å². The molecule has 1 aromatic rings. The Labute approximate surface area is 121 Å². The van der Waals surface area contributed by atoms with Crippen LogP contribution in [-0.4, -0.2) is 17.6 Å². The van der Waals surface area contributed by atoms with Crippen LogP contribution >= 0.6 is 15.9 Å². The van der Waals surface area contributed by atoms with E-state index in [9.17, 15) is 9.90 Å². The first-order valence-electron chi connectivity index (χ1n) is 6.90. The molecule has 3 unspecified atom stereocenters. The van der Waals surface area contributed by atoms with Crippen molar-refractivity contribution in [2.45, 2.75) is 25.7 Å². The number of rotatable bonds is 4. The number of halogens is 1. The van der Waals surface area contributed by atoms with Crippen LogP contribution in [0, 0.1) is 17.8 Å². The molecule has 102 valence electrons. The van der Waals surface area contributed by atoms with Gasteiger partial charge in [0, 0.05) is 16.7 Å². The minimum absolute atomic E-state index is 0.345. The predicted molar refractivity (Wildman–Crippen MR) is 78.5 cm³/mol. The number of nitrogens with one attached hydrogen (secondary N) is 1. The lowest BCUT2D eigenvalue weighted by atomic mass is 9.89. The molecule has 0 aliphatic heterocycles. The largest absolute Gasteiger partial charge is 0.478 e. The van der Waals surface area contributed by atoms with E-state index < -0.39 is 5.97 Å². The molecule has 0 radical (unpaired) electrons. The number of benzene rings is 1. The molecular formula is C15H18BrNO2. The summed E-state index contributed by atoms with van der Waals surface area (Å²) in [5.74, 6) is 1.64. The minimum Gasteiger partial charge on any atom is -0.478 e. The van der Waals surface area contributed by atoms with Gasteiger partial charge in [0.15, 0.2) is 0 Å². The molecule has 0 amide bonds. The van der Waals surface area contributed by atoms with E-state index >= 15 is 0 Å². The smallest absolute Gasteiger partial charge is 0.337 e. The van der Waals surface area contributed by atoms with Gasteiger partial charge in [-0.2, -0.15) is 0 Å². The van der Waals surface area contributed by atoms with E-state index in [4.69, 9.17) is 0 Å². The van der Waals surface area contributed by atoms with Gasteiger partial charge < -0.3 is 10.4 Å². The van der Waals surface area contributed by atoms with Crippen LogP contribution in [0.15, 0.2) is 22.7 Å². The highest BCUT2D eigenvalue weighted by Crippen LogP contribution is 2.48. The first-order valence-corrected chi connectivity index (χ1v) is 7.69. The van der Waals surface area contributed by atoms with Crippen LogP contribution in [0.25, 0.3) is 0 Å². The summed E-state index contributed by atoms with van der Waals surface area (Å²) in [5.41, 5.74) is 1.08. The lowest BCUT2D eigenvalue weighted by Crippen LogP contribution is -2.21. The molecule has 0 aromatic heterocycles. The van der Waals surface area contributed by atoms with Crippen molar-refractivity contribution in [3.8, 4) is 0 Å². The van der Waals surface area contributed by atoms with E-state index in [1.165, 1.54) is 25.7 Å². The molecule has 0 heterocycles. The molecule has 2 N–H and O–H groups in total. The van der Waals surface area contributed by atoms with Crippen LogP contribution < -0.4 is 5.32 Å². The van der Waals surface area contributed by atoms with E-state index in [0.29, 0.717) is 5.56 Å². The lowest BCUT2D eigenvalue weighted by molar-refractivity contribution is 0.0698. The van der Waals surface area contributed by atoms with Gasteiger partial charge in [-0.15, -0.1) is 0 Å². The summed E-state index contributed by atoms with van der Waals surface area (Å²) >= 11 is 3.32. The van der Waals surface area contributed by atoms with Gasteiger partial charge in [0.05, 0.1) is 5.56 Å². The summed E-state index contributed by atoms with van der Waals surface area (Å²) in [7, 11) is 0. The van der Waals surface area contributed by atoms with E-state index in [-0.39, 0.29) is 0 Å².